The lowest BCUT2D eigenvalue weighted by Gasteiger charge is -2.25. The van der Waals surface area contributed by atoms with Gasteiger partial charge >= 0.3 is 0 Å². The molecule has 2 atom stereocenters. The van der Waals surface area contributed by atoms with Gasteiger partial charge in [-0.05, 0) is 23.4 Å². The Kier molecular flexibility index (Phi) is 4.23. The lowest BCUT2D eigenvalue weighted by molar-refractivity contribution is -0.118. The monoisotopic (exact) mass is 274 g/mol. The number of phenols is 1. The van der Waals surface area contributed by atoms with E-state index in [0.717, 1.165) is 11.3 Å². The number of hydrogen-bond acceptors (Lipinski definition) is 4. The zero-order valence-corrected chi connectivity index (χ0v) is 11.4. The maximum absolute atomic E-state index is 11.7. The van der Waals surface area contributed by atoms with Crippen molar-refractivity contribution in [2.45, 2.75) is 19.3 Å². The highest BCUT2D eigenvalue weighted by Gasteiger charge is 2.34. The van der Waals surface area contributed by atoms with E-state index >= 15 is 0 Å². The van der Waals surface area contributed by atoms with Gasteiger partial charge in [0.05, 0.1) is 11.1 Å². The van der Waals surface area contributed by atoms with E-state index in [0.29, 0.717) is 5.04 Å². The number of phenolic OH excluding ortho intramolecular Hbond substituents is 1. The van der Waals surface area contributed by atoms with Crippen LogP contribution in [0.25, 0.3) is 0 Å². The first kappa shape index (κ1) is 13.6. The molecule has 1 aromatic rings. The van der Waals surface area contributed by atoms with Crippen LogP contribution in [0.1, 0.15) is 24.8 Å². The van der Waals surface area contributed by atoms with Crippen LogP contribution < -0.4 is 0 Å². The summed E-state index contributed by atoms with van der Waals surface area (Å²) < 4.78 is 0. The molecule has 1 heterocycles. The summed E-state index contributed by atoms with van der Waals surface area (Å²) in [6, 6.07) is 8.93. The average Bonchev–Trinajstić information content (AvgIpc) is 2.39. The van der Waals surface area contributed by atoms with E-state index in [1.54, 1.807) is 24.3 Å². The lowest BCUT2D eigenvalue weighted by atomic mass is 9.83. The van der Waals surface area contributed by atoms with Crippen LogP contribution in [-0.4, -0.2) is 21.8 Å². The van der Waals surface area contributed by atoms with Gasteiger partial charge in [-0.1, -0.05) is 19.1 Å². The second-order valence-corrected chi connectivity index (χ2v) is 5.57. The molecule has 1 amide bonds. The van der Waals surface area contributed by atoms with Crippen LogP contribution >= 0.6 is 11.8 Å². The predicted molar refractivity (Wildman–Crippen MR) is 75.1 cm³/mol. The van der Waals surface area contributed by atoms with Crippen molar-refractivity contribution in [3.8, 4) is 11.8 Å². The van der Waals surface area contributed by atoms with Crippen LogP contribution in [-0.2, 0) is 4.79 Å². The van der Waals surface area contributed by atoms with E-state index in [-0.39, 0.29) is 29.9 Å². The van der Waals surface area contributed by atoms with Crippen molar-refractivity contribution in [3.63, 3.8) is 0 Å². The zero-order valence-electron chi connectivity index (χ0n) is 10.5. The third-order valence-electron chi connectivity index (χ3n) is 3.05. The van der Waals surface area contributed by atoms with E-state index in [1.165, 1.54) is 11.8 Å². The number of nitrogens with zero attached hydrogens (tertiary/aromatic N) is 2. The highest BCUT2D eigenvalue weighted by atomic mass is 32.2. The Hall–Kier alpha value is -1.80. The van der Waals surface area contributed by atoms with Gasteiger partial charge in [-0.25, -0.2) is 4.99 Å². The average molecular weight is 274 g/mol. The topological polar surface area (TPSA) is 73.4 Å². The Bertz CT molecular complexity index is 546. The van der Waals surface area contributed by atoms with Crippen LogP contribution in [0.5, 0.6) is 5.75 Å². The van der Waals surface area contributed by atoms with E-state index in [1.807, 2.05) is 6.92 Å². The number of hydrogen-bond donors (Lipinski definition) is 1. The summed E-state index contributed by atoms with van der Waals surface area (Å²) in [5.74, 6) is 0.223. The molecule has 1 aromatic carbocycles. The van der Waals surface area contributed by atoms with E-state index in [4.69, 9.17) is 0 Å². The number of benzene rings is 1. The molecule has 0 radical (unpaired) electrons. The summed E-state index contributed by atoms with van der Waals surface area (Å²) in [5, 5.41) is 19.3. The summed E-state index contributed by atoms with van der Waals surface area (Å²) in [6.07, 6.45) is 0.247. The molecule has 1 aliphatic rings. The number of aromatic hydroxyl groups is 1. The van der Waals surface area contributed by atoms with Crippen molar-refractivity contribution >= 4 is 22.7 Å². The van der Waals surface area contributed by atoms with E-state index in [2.05, 4.69) is 11.1 Å². The molecule has 0 aromatic heterocycles. The SMILES string of the molecule is CCSC1=NC(=O)CC(c2ccc(O)cc2)C1C#N. The Labute approximate surface area is 116 Å². The highest BCUT2D eigenvalue weighted by Crippen LogP contribution is 2.36. The Balaban J connectivity index is 2.35. The van der Waals surface area contributed by atoms with Gasteiger partial charge in [-0.3, -0.25) is 4.79 Å². The molecule has 2 unspecified atom stereocenters. The Morgan fingerprint density at radius 2 is 2.16 bits per heavy atom. The minimum absolute atomic E-state index is 0.176. The minimum Gasteiger partial charge on any atom is -0.508 e. The highest BCUT2D eigenvalue weighted by molar-refractivity contribution is 8.14. The van der Waals surface area contributed by atoms with Gasteiger partial charge in [0.15, 0.2) is 0 Å². The van der Waals surface area contributed by atoms with Crippen molar-refractivity contribution in [2.75, 3.05) is 5.75 Å². The van der Waals surface area contributed by atoms with Crippen molar-refractivity contribution in [1.29, 1.82) is 5.26 Å². The summed E-state index contributed by atoms with van der Waals surface area (Å²) in [4.78, 5) is 15.7. The summed E-state index contributed by atoms with van der Waals surface area (Å²) >= 11 is 1.45. The van der Waals surface area contributed by atoms with Crippen LogP contribution in [0.15, 0.2) is 29.3 Å². The molecule has 0 aliphatic carbocycles. The van der Waals surface area contributed by atoms with Crippen LogP contribution in [0, 0.1) is 17.2 Å². The first-order valence-corrected chi connectivity index (χ1v) is 7.07. The second-order valence-electron chi connectivity index (χ2n) is 4.29. The smallest absolute Gasteiger partial charge is 0.247 e. The normalized spacial score (nSPS) is 22.7. The zero-order chi connectivity index (χ0) is 13.8. The number of carbonyl (C=O) groups is 1. The maximum Gasteiger partial charge on any atom is 0.247 e. The number of thioether (sulfide) groups is 1. The first-order chi connectivity index (χ1) is 9.15. The molecule has 0 saturated heterocycles. The van der Waals surface area contributed by atoms with Crippen LogP contribution in [0.4, 0.5) is 0 Å². The van der Waals surface area contributed by atoms with Crippen LogP contribution in [0.3, 0.4) is 0 Å². The van der Waals surface area contributed by atoms with Crippen molar-refractivity contribution in [1.82, 2.24) is 0 Å². The van der Waals surface area contributed by atoms with Crippen molar-refractivity contribution in [3.05, 3.63) is 29.8 Å². The number of carbonyl (C=O) groups excluding carboxylic acids is 1. The molecule has 0 saturated carbocycles. The van der Waals surface area contributed by atoms with E-state index < -0.39 is 0 Å². The molecular weight excluding hydrogens is 260 g/mol. The molecule has 5 heteroatoms. The fourth-order valence-corrected chi connectivity index (χ4v) is 3.02. The maximum atomic E-state index is 11.7. The third kappa shape index (κ3) is 2.96. The van der Waals surface area contributed by atoms with Crippen molar-refractivity contribution < 1.29 is 9.90 Å². The second kappa shape index (κ2) is 5.89. The summed E-state index contributed by atoms with van der Waals surface area (Å²) in [5.41, 5.74) is 0.891. The van der Waals surface area contributed by atoms with Gasteiger partial charge in [-0.15, -0.1) is 11.8 Å². The molecule has 0 bridgehead atoms. The number of amides is 1. The minimum atomic E-state index is -0.382. The van der Waals surface area contributed by atoms with E-state index in [9.17, 15) is 15.2 Å². The summed E-state index contributed by atoms with van der Waals surface area (Å²) in [7, 11) is 0. The predicted octanol–water partition coefficient (Wildman–Crippen LogP) is 2.70. The van der Waals surface area contributed by atoms with Gasteiger partial charge in [0, 0.05) is 12.3 Å². The molecule has 1 N–H and O–H groups in total. The van der Waals surface area contributed by atoms with Gasteiger partial charge in [-0.2, -0.15) is 5.26 Å². The molecule has 0 spiro atoms. The number of nitriles is 1. The molecule has 98 valence electrons. The molecule has 19 heavy (non-hydrogen) atoms. The quantitative estimate of drug-likeness (QED) is 0.899. The molecule has 1 aliphatic heterocycles. The fourth-order valence-electron chi connectivity index (χ4n) is 2.16. The van der Waals surface area contributed by atoms with Crippen molar-refractivity contribution in [2.24, 2.45) is 10.9 Å². The number of rotatable bonds is 2. The molecular formula is C14H14N2O2S. The third-order valence-corrected chi connectivity index (χ3v) is 3.98. The van der Waals surface area contributed by atoms with Gasteiger partial charge in [0.25, 0.3) is 0 Å². The fraction of sp³-hybridized carbons (Fsp3) is 0.357. The van der Waals surface area contributed by atoms with Gasteiger partial charge in [0.2, 0.25) is 5.91 Å². The van der Waals surface area contributed by atoms with Gasteiger partial charge in [0.1, 0.15) is 11.7 Å². The largest absolute Gasteiger partial charge is 0.508 e. The van der Waals surface area contributed by atoms with Crippen LogP contribution in [0.2, 0.25) is 0 Å². The standard InChI is InChI=1S/C14H14N2O2S/c1-2-19-14-12(8-15)11(7-13(18)16-14)9-3-5-10(17)6-4-9/h3-6,11-12,17H,2,7H2,1H3. The Morgan fingerprint density at radius 3 is 2.74 bits per heavy atom. The summed E-state index contributed by atoms with van der Waals surface area (Å²) in [6.45, 7) is 1.97. The first-order valence-electron chi connectivity index (χ1n) is 6.08. The Morgan fingerprint density at radius 1 is 1.47 bits per heavy atom. The molecule has 4 nitrogen and oxygen atoms in total. The van der Waals surface area contributed by atoms with Gasteiger partial charge < -0.3 is 5.11 Å². The molecule has 2 rings (SSSR count). The lowest BCUT2D eigenvalue weighted by Crippen LogP contribution is -2.27. The molecule has 0 fully saturated rings. The number of aliphatic imine (C=N–C) groups is 1.